The van der Waals surface area contributed by atoms with Crippen LogP contribution in [0.3, 0.4) is 0 Å². The van der Waals surface area contributed by atoms with E-state index in [1.807, 2.05) is 6.92 Å². The predicted octanol–water partition coefficient (Wildman–Crippen LogP) is 4.06. The highest BCUT2D eigenvalue weighted by molar-refractivity contribution is 5.90. The Morgan fingerprint density at radius 1 is 0.963 bits per heavy atom. The molecule has 0 radical (unpaired) electrons. The summed E-state index contributed by atoms with van der Waals surface area (Å²) in [6.45, 7) is -0.724. The Kier molecular flexibility index (Phi) is 7.22. The van der Waals surface area contributed by atoms with Crippen molar-refractivity contribution in [1.82, 2.24) is 0 Å². The van der Waals surface area contributed by atoms with Crippen molar-refractivity contribution in [3.63, 3.8) is 0 Å². The lowest BCUT2D eigenvalue weighted by atomic mass is 10.2. The molecule has 0 fully saturated rings. The van der Waals surface area contributed by atoms with Crippen molar-refractivity contribution >= 4 is 5.97 Å². The summed E-state index contributed by atoms with van der Waals surface area (Å²) in [7, 11) is 2.80. The summed E-state index contributed by atoms with van der Waals surface area (Å²) < 4.78 is 49.9. The second-order valence-corrected chi connectivity index (χ2v) is 5.24. The number of hydrogen-bond acceptors (Lipinski definition) is 6. The van der Waals surface area contributed by atoms with E-state index in [2.05, 4.69) is 4.74 Å². The predicted molar refractivity (Wildman–Crippen MR) is 92.9 cm³/mol. The number of carbonyl (C=O) groups is 1. The Morgan fingerprint density at radius 2 is 1.63 bits per heavy atom. The molecule has 2 aromatic rings. The van der Waals surface area contributed by atoms with Crippen LogP contribution in [0, 0.1) is 0 Å². The summed E-state index contributed by atoms with van der Waals surface area (Å²) in [5, 5.41) is 0. The van der Waals surface area contributed by atoms with Crippen molar-refractivity contribution in [3.8, 4) is 23.0 Å². The number of ether oxygens (including phenoxy) is 5. The Labute approximate surface area is 155 Å². The number of halogens is 2. The topological polar surface area (TPSA) is 63.2 Å². The fourth-order valence-electron chi connectivity index (χ4n) is 2.30. The van der Waals surface area contributed by atoms with Gasteiger partial charge in [-0.05, 0) is 42.8 Å². The first-order valence-electron chi connectivity index (χ1n) is 8.08. The molecule has 0 atom stereocenters. The van der Waals surface area contributed by atoms with E-state index >= 15 is 0 Å². The van der Waals surface area contributed by atoms with Crippen LogP contribution in [0.25, 0.3) is 0 Å². The van der Waals surface area contributed by atoms with Gasteiger partial charge in [-0.15, -0.1) is 0 Å². The van der Waals surface area contributed by atoms with E-state index in [1.165, 1.54) is 38.5 Å². The van der Waals surface area contributed by atoms with Gasteiger partial charge in [0.25, 0.3) is 0 Å². The molecule has 0 bridgehead atoms. The van der Waals surface area contributed by atoms with Crippen LogP contribution in [-0.2, 0) is 11.3 Å². The molecule has 0 aliphatic heterocycles. The average Bonchev–Trinajstić information content (AvgIpc) is 2.67. The van der Waals surface area contributed by atoms with Crippen molar-refractivity contribution in [3.05, 3.63) is 47.5 Å². The second-order valence-electron chi connectivity index (χ2n) is 5.24. The summed E-state index contributed by atoms with van der Waals surface area (Å²) in [5.74, 6) is 0.394. The number of benzene rings is 2. The maximum absolute atomic E-state index is 12.4. The van der Waals surface area contributed by atoms with Gasteiger partial charge in [-0.1, -0.05) is 6.07 Å². The van der Waals surface area contributed by atoms with Gasteiger partial charge in [0.05, 0.1) is 26.4 Å². The molecule has 0 amide bonds. The van der Waals surface area contributed by atoms with Gasteiger partial charge in [0.2, 0.25) is 0 Å². The van der Waals surface area contributed by atoms with Gasteiger partial charge in [0, 0.05) is 0 Å². The molecular formula is C19H20F2O6. The number of carbonyl (C=O) groups excluding carboxylic acids is 1. The smallest absolute Gasteiger partial charge is 0.387 e. The molecule has 0 heterocycles. The molecule has 6 nitrogen and oxygen atoms in total. The highest BCUT2D eigenvalue weighted by Crippen LogP contribution is 2.30. The fraction of sp³-hybridized carbons (Fsp3) is 0.316. The molecule has 0 saturated carbocycles. The first kappa shape index (κ1) is 20.3. The van der Waals surface area contributed by atoms with E-state index in [0.717, 1.165) is 0 Å². The molecule has 27 heavy (non-hydrogen) atoms. The zero-order valence-electron chi connectivity index (χ0n) is 15.2. The summed E-state index contributed by atoms with van der Waals surface area (Å²) in [6, 6.07) is 9.01. The summed E-state index contributed by atoms with van der Waals surface area (Å²) in [5.41, 5.74) is 0.847. The normalized spacial score (nSPS) is 10.4. The summed E-state index contributed by atoms with van der Waals surface area (Å²) in [6.07, 6.45) is 0. The maximum atomic E-state index is 12.4. The molecular weight excluding hydrogens is 362 g/mol. The fourth-order valence-corrected chi connectivity index (χ4v) is 2.30. The molecule has 0 saturated heterocycles. The van der Waals surface area contributed by atoms with Crippen molar-refractivity contribution in [1.29, 1.82) is 0 Å². The van der Waals surface area contributed by atoms with E-state index in [0.29, 0.717) is 29.2 Å². The number of methoxy groups -OCH3 is 2. The van der Waals surface area contributed by atoms with Gasteiger partial charge in [0.15, 0.2) is 23.0 Å². The van der Waals surface area contributed by atoms with E-state index in [1.54, 1.807) is 12.1 Å². The Hall–Kier alpha value is -3.03. The van der Waals surface area contributed by atoms with Crippen LogP contribution in [0.15, 0.2) is 36.4 Å². The first-order chi connectivity index (χ1) is 13.0. The first-order valence-corrected chi connectivity index (χ1v) is 8.08. The number of hydrogen-bond donors (Lipinski definition) is 0. The zero-order chi connectivity index (χ0) is 19.8. The van der Waals surface area contributed by atoms with Gasteiger partial charge < -0.3 is 23.7 Å². The monoisotopic (exact) mass is 382 g/mol. The standard InChI is InChI=1S/C19H20F2O6/c1-4-25-14-8-6-13(10-17(14)24-3)18(22)26-11-12-5-7-15(27-19(20)21)16(9-12)23-2/h5-10,19H,4,11H2,1-3H3. The van der Waals surface area contributed by atoms with E-state index in [9.17, 15) is 13.6 Å². The third-order valence-electron chi connectivity index (χ3n) is 3.51. The maximum Gasteiger partial charge on any atom is 0.387 e. The third-order valence-corrected chi connectivity index (χ3v) is 3.51. The van der Waals surface area contributed by atoms with Gasteiger partial charge in [-0.25, -0.2) is 4.79 Å². The van der Waals surface area contributed by atoms with Crippen molar-refractivity contribution in [2.45, 2.75) is 20.1 Å². The van der Waals surface area contributed by atoms with Gasteiger partial charge in [-0.3, -0.25) is 0 Å². The van der Waals surface area contributed by atoms with Crippen molar-refractivity contribution in [2.24, 2.45) is 0 Å². The Balaban J connectivity index is 2.06. The SMILES string of the molecule is CCOc1ccc(C(=O)OCc2ccc(OC(F)F)c(OC)c2)cc1OC. The van der Waals surface area contributed by atoms with E-state index in [-0.39, 0.29) is 18.1 Å². The van der Waals surface area contributed by atoms with Gasteiger partial charge in [0.1, 0.15) is 6.61 Å². The van der Waals surface area contributed by atoms with Crippen LogP contribution in [0.2, 0.25) is 0 Å². The van der Waals surface area contributed by atoms with Crippen LogP contribution in [0.5, 0.6) is 23.0 Å². The van der Waals surface area contributed by atoms with E-state index in [4.69, 9.17) is 18.9 Å². The summed E-state index contributed by atoms with van der Waals surface area (Å²) in [4.78, 5) is 12.2. The largest absolute Gasteiger partial charge is 0.493 e. The lowest BCUT2D eigenvalue weighted by Gasteiger charge is -2.12. The van der Waals surface area contributed by atoms with Crippen molar-refractivity contribution in [2.75, 3.05) is 20.8 Å². The van der Waals surface area contributed by atoms with Crippen LogP contribution >= 0.6 is 0 Å². The highest BCUT2D eigenvalue weighted by atomic mass is 19.3. The highest BCUT2D eigenvalue weighted by Gasteiger charge is 2.14. The minimum atomic E-state index is -2.96. The van der Waals surface area contributed by atoms with Gasteiger partial charge in [-0.2, -0.15) is 8.78 Å². The molecule has 146 valence electrons. The molecule has 0 unspecified atom stereocenters. The molecule has 0 aliphatic carbocycles. The minimum absolute atomic E-state index is 0.0698. The summed E-state index contributed by atoms with van der Waals surface area (Å²) >= 11 is 0. The number of esters is 1. The molecule has 0 aromatic heterocycles. The average molecular weight is 382 g/mol. The van der Waals surface area contributed by atoms with Crippen LogP contribution in [-0.4, -0.2) is 33.4 Å². The number of rotatable bonds is 9. The Morgan fingerprint density at radius 3 is 2.26 bits per heavy atom. The molecule has 0 N–H and O–H groups in total. The van der Waals surface area contributed by atoms with Crippen LogP contribution in [0.4, 0.5) is 8.78 Å². The molecule has 8 heteroatoms. The quantitative estimate of drug-likeness (QED) is 0.610. The number of alkyl halides is 2. The van der Waals surface area contributed by atoms with Crippen molar-refractivity contribution < 1.29 is 37.3 Å². The molecule has 0 aliphatic rings. The molecule has 2 rings (SSSR count). The van der Waals surface area contributed by atoms with Crippen LogP contribution < -0.4 is 18.9 Å². The third kappa shape index (κ3) is 5.47. The lowest BCUT2D eigenvalue weighted by molar-refractivity contribution is -0.0512. The zero-order valence-corrected chi connectivity index (χ0v) is 15.2. The minimum Gasteiger partial charge on any atom is -0.493 e. The molecule has 2 aromatic carbocycles. The van der Waals surface area contributed by atoms with Gasteiger partial charge >= 0.3 is 12.6 Å². The lowest BCUT2D eigenvalue weighted by Crippen LogP contribution is -2.07. The Bertz CT molecular complexity index is 779. The van der Waals surface area contributed by atoms with E-state index < -0.39 is 12.6 Å². The second kappa shape index (κ2) is 9.61. The molecule has 0 spiro atoms. The van der Waals surface area contributed by atoms with Crippen LogP contribution in [0.1, 0.15) is 22.8 Å².